The van der Waals surface area contributed by atoms with Gasteiger partial charge in [0.2, 0.25) is 0 Å². The van der Waals surface area contributed by atoms with E-state index in [-0.39, 0.29) is 5.96 Å². The number of carbonyl (C=O) groups excluding carboxylic acids is 1. The number of guanidine groups is 1. The minimum atomic E-state index is -1.08. The molecule has 7 heteroatoms. The van der Waals surface area contributed by atoms with Gasteiger partial charge in [0.05, 0.1) is 6.04 Å². The number of nitrogens with one attached hydrogen (secondary N) is 2. The SMILES string of the molecule is CCCCCCCC/C=C\CCCCCCC(C(=O)O)C(=O)C(N)CCCNC(=N)N. The summed E-state index contributed by atoms with van der Waals surface area (Å²) >= 11 is 0. The normalized spacial score (nSPS) is 13.2. The zero-order valence-corrected chi connectivity index (χ0v) is 19.5. The number of carboxylic acids is 1. The van der Waals surface area contributed by atoms with E-state index in [1.807, 2.05) is 0 Å². The molecule has 0 aliphatic carbocycles. The molecule has 0 radical (unpaired) electrons. The van der Waals surface area contributed by atoms with Crippen molar-refractivity contribution in [3.8, 4) is 0 Å². The highest BCUT2D eigenvalue weighted by Gasteiger charge is 2.29. The molecule has 2 unspecified atom stereocenters. The first-order chi connectivity index (χ1) is 14.9. The number of aliphatic carboxylic acids is 1. The smallest absolute Gasteiger partial charge is 0.314 e. The van der Waals surface area contributed by atoms with E-state index < -0.39 is 23.7 Å². The Morgan fingerprint density at radius 3 is 2.00 bits per heavy atom. The van der Waals surface area contributed by atoms with Crippen molar-refractivity contribution in [2.45, 2.75) is 109 Å². The highest BCUT2D eigenvalue weighted by Crippen LogP contribution is 2.16. The van der Waals surface area contributed by atoms with Gasteiger partial charge in [-0.1, -0.05) is 70.4 Å². The van der Waals surface area contributed by atoms with Crippen LogP contribution in [0.25, 0.3) is 0 Å². The molecule has 0 rings (SSSR count). The number of rotatable bonds is 21. The number of carbonyl (C=O) groups is 2. The Morgan fingerprint density at radius 2 is 1.45 bits per heavy atom. The van der Waals surface area contributed by atoms with Crippen molar-refractivity contribution < 1.29 is 14.7 Å². The highest BCUT2D eigenvalue weighted by molar-refractivity contribution is 6.00. The highest BCUT2D eigenvalue weighted by atomic mass is 16.4. The molecule has 31 heavy (non-hydrogen) atoms. The maximum atomic E-state index is 12.4. The van der Waals surface area contributed by atoms with Crippen LogP contribution in [0.1, 0.15) is 103 Å². The lowest BCUT2D eigenvalue weighted by atomic mass is 9.91. The predicted octanol–water partition coefficient (Wildman–Crippen LogP) is 4.49. The molecule has 0 aliphatic heterocycles. The Bertz CT molecular complexity index is 523. The summed E-state index contributed by atoms with van der Waals surface area (Å²) in [6.07, 6.45) is 19.8. The van der Waals surface area contributed by atoms with Gasteiger partial charge in [-0.3, -0.25) is 15.0 Å². The Kier molecular flexibility index (Phi) is 18.8. The standard InChI is InChI=1S/C24H46N4O3/c1-2-3-4-5-6-7-8-9-10-11-12-13-14-15-17-20(23(30)31)22(29)21(25)18-16-19-28-24(26)27/h9-10,20-21H,2-8,11-19,25H2,1H3,(H,30,31)(H4,26,27,28)/b10-9-. The molecule has 0 saturated carbocycles. The summed E-state index contributed by atoms with van der Waals surface area (Å²) in [5.41, 5.74) is 11.1. The third-order valence-corrected chi connectivity index (χ3v) is 5.52. The van der Waals surface area contributed by atoms with E-state index in [0.717, 1.165) is 32.1 Å². The van der Waals surface area contributed by atoms with Crippen LogP contribution in [0.5, 0.6) is 0 Å². The number of hydrogen-bond donors (Lipinski definition) is 5. The molecule has 0 saturated heterocycles. The van der Waals surface area contributed by atoms with Crippen LogP contribution in [0.15, 0.2) is 12.2 Å². The average Bonchev–Trinajstić information content (AvgIpc) is 2.73. The second-order valence-electron chi connectivity index (χ2n) is 8.40. The van der Waals surface area contributed by atoms with Crippen molar-refractivity contribution in [2.75, 3.05) is 6.54 Å². The number of nitrogens with two attached hydrogens (primary N) is 2. The van der Waals surface area contributed by atoms with Crippen LogP contribution in [-0.2, 0) is 9.59 Å². The third kappa shape index (κ3) is 17.5. The van der Waals surface area contributed by atoms with Gasteiger partial charge >= 0.3 is 5.97 Å². The van der Waals surface area contributed by atoms with E-state index in [1.165, 1.54) is 44.9 Å². The van der Waals surface area contributed by atoms with Crippen LogP contribution in [-0.4, -0.2) is 35.4 Å². The molecular weight excluding hydrogens is 392 g/mol. The van der Waals surface area contributed by atoms with Gasteiger partial charge in [-0.2, -0.15) is 0 Å². The third-order valence-electron chi connectivity index (χ3n) is 5.52. The van der Waals surface area contributed by atoms with Gasteiger partial charge in [0.15, 0.2) is 11.7 Å². The Balaban J connectivity index is 3.85. The van der Waals surface area contributed by atoms with E-state index in [2.05, 4.69) is 24.4 Å². The summed E-state index contributed by atoms with van der Waals surface area (Å²) in [4.78, 5) is 23.9. The van der Waals surface area contributed by atoms with Crippen LogP contribution in [0.3, 0.4) is 0 Å². The van der Waals surface area contributed by atoms with E-state index in [0.29, 0.717) is 25.8 Å². The van der Waals surface area contributed by atoms with E-state index in [1.54, 1.807) is 0 Å². The van der Waals surface area contributed by atoms with Crippen molar-refractivity contribution in [3.63, 3.8) is 0 Å². The Hall–Kier alpha value is -1.89. The number of hydrogen-bond acceptors (Lipinski definition) is 4. The van der Waals surface area contributed by atoms with Gasteiger partial charge in [-0.05, 0) is 44.9 Å². The summed E-state index contributed by atoms with van der Waals surface area (Å²) in [7, 11) is 0. The van der Waals surface area contributed by atoms with E-state index >= 15 is 0 Å². The molecule has 0 heterocycles. The van der Waals surface area contributed by atoms with Crippen LogP contribution in [0.2, 0.25) is 0 Å². The van der Waals surface area contributed by atoms with Crippen molar-refractivity contribution >= 4 is 17.7 Å². The van der Waals surface area contributed by atoms with E-state index in [9.17, 15) is 14.7 Å². The molecule has 0 amide bonds. The van der Waals surface area contributed by atoms with Gasteiger partial charge in [0, 0.05) is 6.54 Å². The molecule has 0 aromatic carbocycles. The fourth-order valence-electron chi connectivity index (χ4n) is 3.58. The fraction of sp³-hybridized carbons (Fsp3) is 0.792. The first kappa shape index (κ1) is 29.1. The van der Waals surface area contributed by atoms with Gasteiger partial charge in [-0.25, -0.2) is 0 Å². The number of carboxylic acid groups (broad SMARTS) is 1. The zero-order chi connectivity index (χ0) is 23.3. The lowest BCUT2D eigenvalue weighted by molar-refractivity contribution is -0.147. The number of allylic oxidation sites excluding steroid dienone is 2. The second-order valence-corrected chi connectivity index (χ2v) is 8.40. The molecule has 0 aromatic rings. The molecule has 0 aromatic heterocycles. The molecule has 0 bridgehead atoms. The number of unbranched alkanes of at least 4 members (excludes halogenated alkanes) is 10. The quantitative estimate of drug-likeness (QED) is 0.0587. The largest absolute Gasteiger partial charge is 0.481 e. The first-order valence-corrected chi connectivity index (χ1v) is 12.1. The van der Waals surface area contributed by atoms with Crippen LogP contribution in [0, 0.1) is 11.3 Å². The van der Waals surface area contributed by atoms with Crippen LogP contribution >= 0.6 is 0 Å². The monoisotopic (exact) mass is 438 g/mol. The fourth-order valence-corrected chi connectivity index (χ4v) is 3.58. The van der Waals surface area contributed by atoms with Gasteiger partial charge in [0.25, 0.3) is 0 Å². The van der Waals surface area contributed by atoms with Gasteiger partial charge < -0.3 is 21.9 Å². The van der Waals surface area contributed by atoms with Crippen LogP contribution < -0.4 is 16.8 Å². The molecule has 0 fully saturated rings. The molecule has 180 valence electrons. The molecular formula is C24H46N4O3. The minimum absolute atomic E-state index is 0.128. The molecule has 7 nitrogen and oxygen atoms in total. The lowest BCUT2D eigenvalue weighted by Gasteiger charge is -2.16. The maximum Gasteiger partial charge on any atom is 0.314 e. The average molecular weight is 439 g/mol. The Morgan fingerprint density at radius 1 is 0.903 bits per heavy atom. The van der Waals surface area contributed by atoms with Crippen molar-refractivity contribution in [1.29, 1.82) is 5.41 Å². The zero-order valence-electron chi connectivity index (χ0n) is 19.5. The summed E-state index contributed by atoms with van der Waals surface area (Å²) in [5.74, 6) is -2.63. The molecule has 0 spiro atoms. The van der Waals surface area contributed by atoms with Crippen LogP contribution in [0.4, 0.5) is 0 Å². The predicted molar refractivity (Wildman–Crippen MR) is 128 cm³/mol. The summed E-state index contributed by atoms with van der Waals surface area (Å²) in [6, 6.07) is -0.786. The summed E-state index contributed by atoms with van der Waals surface area (Å²) in [5, 5.41) is 19.1. The topological polar surface area (TPSA) is 142 Å². The van der Waals surface area contributed by atoms with Crippen molar-refractivity contribution in [3.05, 3.63) is 12.2 Å². The molecule has 2 atom stereocenters. The van der Waals surface area contributed by atoms with Gasteiger partial charge in [-0.15, -0.1) is 0 Å². The maximum absolute atomic E-state index is 12.4. The molecule has 7 N–H and O–H groups in total. The Labute approximate surface area is 188 Å². The first-order valence-electron chi connectivity index (χ1n) is 12.1. The minimum Gasteiger partial charge on any atom is -0.481 e. The van der Waals surface area contributed by atoms with Crippen molar-refractivity contribution in [1.82, 2.24) is 5.32 Å². The lowest BCUT2D eigenvalue weighted by Crippen LogP contribution is -2.40. The van der Waals surface area contributed by atoms with Gasteiger partial charge in [0.1, 0.15) is 5.92 Å². The summed E-state index contributed by atoms with van der Waals surface area (Å²) in [6.45, 7) is 2.68. The van der Waals surface area contributed by atoms with E-state index in [4.69, 9.17) is 16.9 Å². The second kappa shape index (κ2) is 20.0. The number of ketones is 1. The van der Waals surface area contributed by atoms with Crippen molar-refractivity contribution in [2.24, 2.45) is 17.4 Å². The molecule has 0 aliphatic rings. The number of Topliss-reactive ketones (excluding diaryl/α,β-unsaturated/α-hetero) is 1. The summed E-state index contributed by atoms with van der Waals surface area (Å²) < 4.78 is 0.